The van der Waals surface area contributed by atoms with Crippen molar-refractivity contribution in [3.63, 3.8) is 0 Å². The van der Waals surface area contributed by atoms with Gasteiger partial charge in [-0.3, -0.25) is 4.79 Å². The van der Waals surface area contributed by atoms with Crippen LogP contribution in [-0.4, -0.2) is 12.9 Å². The molecular weight excluding hydrogens is 423 g/mol. The molecule has 2 N–H and O–H groups in total. The molecular formula is C26H25FN2O4. The van der Waals surface area contributed by atoms with Crippen molar-refractivity contribution in [1.82, 2.24) is 0 Å². The zero-order valence-electron chi connectivity index (χ0n) is 18.8. The molecule has 0 saturated carbocycles. The molecule has 4 rings (SSSR count). The fraction of sp³-hybridized carbons (Fsp3) is 0.308. The first-order chi connectivity index (χ1) is 15.7. The van der Waals surface area contributed by atoms with E-state index in [2.05, 4.69) is 6.07 Å². The minimum atomic E-state index is -0.627. The van der Waals surface area contributed by atoms with Gasteiger partial charge in [-0.15, -0.1) is 0 Å². The Morgan fingerprint density at radius 1 is 1.21 bits per heavy atom. The highest BCUT2D eigenvalue weighted by Crippen LogP contribution is 2.48. The largest absolute Gasteiger partial charge is 0.496 e. The fourth-order valence-electron chi connectivity index (χ4n) is 4.40. The van der Waals surface area contributed by atoms with E-state index in [9.17, 15) is 14.4 Å². The highest BCUT2D eigenvalue weighted by molar-refractivity contribution is 6.00. The van der Waals surface area contributed by atoms with Gasteiger partial charge in [0.2, 0.25) is 5.88 Å². The number of methoxy groups -OCH3 is 1. The van der Waals surface area contributed by atoms with E-state index in [0.717, 1.165) is 5.56 Å². The molecule has 7 heteroatoms. The van der Waals surface area contributed by atoms with Crippen LogP contribution in [0.5, 0.6) is 11.5 Å². The van der Waals surface area contributed by atoms with Gasteiger partial charge in [-0.2, -0.15) is 5.26 Å². The fourth-order valence-corrected chi connectivity index (χ4v) is 4.40. The van der Waals surface area contributed by atoms with Gasteiger partial charge in [0, 0.05) is 24.0 Å². The van der Waals surface area contributed by atoms with Gasteiger partial charge in [-0.1, -0.05) is 19.9 Å². The van der Waals surface area contributed by atoms with E-state index >= 15 is 0 Å². The highest BCUT2D eigenvalue weighted by Gasteiger charge is 2.43. The van der Waals surface area contributed by atoms with E-state index in [4.69, 9.17) is 19.9 Å². The van der Waals surface area contributed by atoms with Gasteiger partial charge in [0.15, 0.2) is 5.78 Å². The number of rotatable bonds is 5. The van der Waals surface area contributed by atoms with Crippen LogP contribution in [-0.2, 0) is 16.1 Å². The maximum Gasteiger partial charge on any atom is 0.205 e. The lowest BCUT2D eigenvalue weighted by atomic mass is 9.70. The quantitative estimate of drug-likeness (QED) is 0.702. The third-order valence-corrected chi connectivity index (χ3v) is 5.92. The number of nitrogens with zero attached hydrogens (tertiary/aromatic N) is 1. The van der Waals surface area contributed by atoms with Gasteiger partial charge in [-0.05, 0) is 47.4 Å². The molecule has 0 fully saturated rings. The standard InChI is InChI=1S/C26H25FN2O4/c1-26(2)11-20(30)24-22(12-26)33-25(29)19(13-28)23(24)15-4-9-21(31-3)16(10-15)14-32-18-7-5-17(27)6-8-18/h4-10,23H,11-12,14,29H2,1-3H3. The molecule has 1 aliphatic heterocycles. The molecule has 1 unspecified atom stereocenters. The second kappa shape index (κ2) is 8.62. The lowest BCUT2D eigenvalue weighted by Gasteiger charge is -2.37. The molecule has 0 amide bonds. The minimum Gasteiger partial charge on any atom is -0.496 e. The summed E-state index contributed by atoms with van der Waals surface area (Å²) >= 11 is 0. The predicted octanol–water partition coefficient (Wildman–Crippen LogP) is 4.86. The topological polar surface area (TPSA) is 94.6 Å². The number of carbonyl (C=O) groups is 1. The molecule has 1 aliphatic carbocycles. The van der Waals surface area contributed by atoms with E-state index in [-0.39, 0.29) is 35.1 Å². The van der Waals surface area contributed by atoms with Crippen LogP contribution in [0.25, 0.3) is 0 Å². The van der Waals surface area contributed by atoms with E-state index in [1.165, 1.54) is 12.1 Å². The molecule has 2 aromatic carbocycles. The van der Waals surface area contributed by atoms with Gasteiger partial charge in [0.25, 0.3) is 0 Å². The van der Waals surface area contributed by atoms with E-state index < -0.39 is 5.92 Å². The van der Waals surface area contributed by atoms with E-state index in [1.807, 2.05) is 26.0 Å². The monoisotopic (exact) mass is 448 g/mol. The summed E-state index contributed by atoms with van der Waals surface area (Å²) < 4.78 is 30.2. The van der Waals surface area contributed by atoms with Crippen molar-refractivity contribution in [1.29, 1.82) is 5.26 Å². The van der Waals surface area contributed by atoms with E-state index in [0.29, 0.717) is 41.2 Å². The number of hydrogen-bond donors (Lipinski definition) is 1. The summed E-state index contributed by atoms with van der Waals surface area (Å²) in [6.45, 7) is 4.16. The van der Waals surface area contributed by atoms with Gasteiger partial charge < -0.3 is 19.9 Å². The first-order valence-electron chi connectivity index (χ1n) is 10.6. The number of carbonyl (C=O) groups excluding carboxylic acids is 1. The van der Waals surface area contributed by atoms with Crippen molar-refractivity contribution in [2.45, 2.75) is 39.2 Å². The first-order valence-corrected chi connectivity index (χ1v) is 10.6. The Morgan fingerprint density at radius 3 is 2.61 bits per heavy atom. The zero-order chi connectivity index (χ0) is 23.8. The number of nitrogens with two attached hydrogens (primary N) is 1. The number of benzene rings is 2. The molecule has 0 bridgehead atoms. The third-order valence-electron chi connectivity index (χ3n) is 5.92. The van der Waals surface area contributed by atoms with Crippen LogP contribution in [0.3, 0.4) is 0 Å². The molecule has 1 atom stereocenters. The minimum absolute atomic E-state index is 0.0201. The summed E-state index contributed by atoms with van der Waals surface area (Å²) in [5, 5.41) is 9.84. The van der Waals surface area contributed by atoms with Gasteiger partial charge >= 0.3 is 0 Å². The van der Waals surface area contributed by atoms with Crippen LogP contribution in [0, 0.1) is 22.6 Å². The summed E-state index contributed by atoms with van der Waals surface area (Å²) in [5.41, 5.74) is 7.98. The number of Topliss-reactive ketones (excluding diaryl/α,β-unsaturated/α-hetero) is 1. The van der Waals surface area contributed by atoms with Crippen molar-refractivity contribution in [2.24, 2.45) is 11.1 Å². The summed E-state index contributed by atoms with van der Waals surface area (Å²) in [4.78, 5) is 13.2. The Hall–Kier alpha value is -3.79. The molecule has 2 aliphatic rings. The number of halogens is 1. The van der Waals surface area contributed by atoms with Crippen molar-refractivity contribution in [2.75, 3.05) is 7.11 Å². The predicted molar refractivity (Wildman–Crippen MR) is 119 cm³/mol. The van der Waals surface area contributed by atoms with Crippen molar-refractivity contribution in [3.8, 4) is 17.6 Å². The average molecular weight is 448 g/mol. The van der Waals surface area contributed by atoms with Gasteiger partial charge in [0.05, 0.1) is 13.0 Å². The first kappa shape index (κ1) is 22.4. The van der Waals surface area contributed by atoms with Gasteiger partial charge in [0.1, 0.15) is 41.3 Å². The maximum atomic E-state index is 13.2. The molecule has 1 heterocycles. The van der Waals surface area contributed by atoms with Crippen LogP contribution < -0.4 is 15.2 Å². The van der Waals surface area contributed by atoms with Crippen LogP contribution >= 0.6 is 0 Å². The third kappa shape index (κ3) is 4.42. The van der Waals surface area contributed by atoms with Crippen LogP contribution in [0.15, 0.2) is 65.3 Å². The molecule has 6 nitrogen and oxygen atoms in total. The van der Waals surface area contributed by atoms with Crippen LogP contribution in [0.4, 0.5) is 4.39 Å². The second-order valence-corrected chi connectivity index (χ2v) is 9.02. The van der Waals surface area contributed by atoms with Crippen molar-refractivity contribution < 1.29 is 23.4 Å². The number of nitriles is 1. The SMILES string of the molecule is COc1ccc(C2C(C#N)=C(N)OC3=C2C(=O)CC(C)(C)C3)cc1COc1ccc(F)cc1. The Bertz CT molecular complexity index is 1210. The van der Waals surface area contributed by atoms with Crippen LogP contribution in [0.2, 0.25) is 0 Å². The highest BCUT2D eigenvalue weighted by atomic mass is 19.1. The zero-order valence-corrected chi connectivity index (χ0v) is 18.8. The molecule has 0 aromatic heterocycles. The second-order valence-electron chi connectivity index (χ2n) is 9.02. The summed E-state index contributed by atoms with van der Waals surface area (Å²) in [7, 11) is 1.55. The Morgan fingerprint density at radius 2 is 1.94 bits per heavy atom. The van der Waals surface area contributed by atoms with E-state index in [1.54, 1.807) is 25.3 Å². The molecule has 2 aromatic rings. The number of allylic oxidation sites excluding steroid dienone is 3. The van der Waals surface area contributed by atoms with Crippen LogP contribution in [0.1, 0.15) is 43.7 Å². The summed E-state index contributed by atoms with van der Waals surface area (Å²) in [6, 6.07) is 13.3. The molecule has 0 radical (unpaired) electrons. The Kier molecular flexibility index (Phi) is 5.86. The molecule has 0 spiro atoms. The van der Waals surface area contributed by atoms with Crippen molar-refractivity contribution >= 4 is 5.78 Å². The smallest absolute Gasteiger partial charge is 0.205 e. The Labute approximate surface area is 192 Å². The normalized spacial score (nSPS) is 19.5. The lowest BCUT2D eigenvalue weighted by molar-refractivity contribution is -0.119. The lowest BCUT2D eigenvalue weighted by Crippen LogP contribution is -2.33. The summed E-state index contributed by atoms with van der Waals surface area (Å²) in [5.74, 6) is 0.619. The average Bonchev–Trinajstić information content (AvgIpc) is 2.76. The maximum absolute atomic E-state index is 13.2. The Balaban J connectivity index is 1.74. The number of ether oxygens (including phenoxy) is 3. The molecule has 0 saturated heterocycles. The number of hydrogen-bond acceptors (Lipinski definition) is 6. The molecule has 33 heavy (non-hydrogen) atoms. The summed E-state index contributed by atoms with van der Waals surface area (Å²) in [6.07, 6.45) is 0.918. The number of ketones is 1. The van der Waals surface area contributed by atoms with Crippen molar-refractivity contribution in [3.05, 3.63) is 82.2 Å². The molecule has 170 valence electrons. The van der Waals surface area contributed by atoms with Gasteiger partial charge in [-0.25, -0.2) is 4.39 Å².